The highest BCUT2D eigenvalue weighted by atomic mass is 32.2. The van der Waals surface area contributed by atoms with Crippen molar-refractivity contribution in [2.24, 2.45) is 0 Å². The van der Waals surface area contributed by atoms with Gasteiger partial charge in [0.15, 0.2) is 0 Å². The highest BCUT2D eigenvalue weighted by Crippen LogP contribution is 2.15. The Morgan fingerprint density at radius 2 is 1.80 bits per heavy atom. The van der Waals surface area contributed by atoms with Crippen molar-refractivity contribution < 1.29 is 17.9 Å². The highest BCUT2D eigenvalue weighted by Gasteiger charge is 2.12. The fourth-order valence-electron chi connectivity index (χ4n) is 1.47. The normalized spacial score (nSPS) is 11.5. The quantitative estimate of drug-likeness (QED) is 0.619. The van der Waals surface area contributed by atoms with E-state index >= 15 is 0 Å². The zero-order valence-electron chi connectivity index (χ0n) is 11.9. The summed E-state index contributed by atoms with van der Waals surface area (Å²) in [7, 11) is -1.68. The number of rotatable bonds is 10. The molecule has 0 radical (unpaired) electrons. The van der Waals surface area contributed by atoms with Crippen molar-refractivity contribution in [3.8, 4) is 5.75 Å². The van der Waals surface area contributed by atoms with E-state index in [2.05, 4.69) is 10.0 Å². The monoisotopic (exact) mass is 302 g/mol. The number of nitrogens with one attached hydrogen (secondary N) is 2. The Morgan fingerprint density at radius 1 is 1.10 bits per heavy atom. The van der Waals surface area contributed by atoms with Gasteiger partial charge in [-0.3, -0.25) is 0 Å². The molecule has 0 aromatic heterocycles. The van der Waals surface area contributed by atoms with Crippen LogP contribution in [0.25, 0.3) is 0 Å². The van der Waals surface area contributed by atoms with Gasteiger partial charge in [-0.25, -0.2) is 13.1 Å². The molecule has 0 aliphatic heterocycles. The van der Waals surface area contributed by atoms with Gasteiger partial charge in [-0.05, 0) is 38.2 Å². The zero-order valence-corrected chi connectivity index (χ0v) is 12.7. The summed E-state index contributed by atoms with van der Waals surface area (Å²) in [5.74, 6) is 0.624. The maximum atomic E-state index is 11.9. The van der Waals surface area contributed by atoms with E-state index in [9.17, 15) is 8.42 Å². The molecule has 7 heteroatoms. The van der Waals surface area contributed by atoms with E-state index in [1.165, 1.54) is 12.1 Å². The standard InChI is InChI=1S/C13H22N2O4S/c1-3-18-10-11-19-12-4-6-13(7-5-12)20(16,17)15-9-8-14-2/h4-7,14-15H,3,8-11H2,1-2H3. The first-order valence-electron chi connectivity index (χ1n) is 6.55. The van der Waals surface area contributed by atoms with Crippen LogP contribution in [0.15, 0.2) is 29.2 Å². The first-order valence-corrected chi connectivity index (χ1v) is 8.03. The summed E-state index contributed by atoms with van der Waals surface area (Å²) >= 11 is 0. The number of likely N-dealkylation sites (N-methyl/N-ethyl adjacent to an activating group) is 1. The first kappa shape index (κ1) is 16.9. The lowest BCUT2D eigenvalue weighted by Crippen LogP contribution is -2.30. The van der Waals surface area contributed by atoms with Crippen LogP contribution in [0.5, 0.6) is 5.75 Å². The van der Waals surface area contributed by atoms with E-state index in [1.54, 1.807) is 19.2 Å². The van der Waals surface area contributed by atoms with Crippen molar-refractivity contribution in [3.05, 3.63) is 24.3 Å². The Morgan fingerprint density at radius 3 is 2.40 bits per heavy atom. The van der Waals surface area contributed by atoms with E-state index in [0.717, 1.165) is 0 Å². The molecule has 0 amide bonds. The summed E-state index contributed by atoms with van der Waals surface area (Å²) in [6, 6.07) is 6.33. The second-order valence-corrected chi connectivity index (χ2v) is 5.79. The molecule has 6 nitrogen and oxygen atoms in total. The van der Waals surface area contributed by atoms with Gasteiger partial charge in [-0.2, -0.15) is 0 Å². The Labute approximate surface area is 120 Å². The summed E-state index contributed by atoms with van der Waals surface area (Å²) in [5, 5.41) is 2.88. The van der Waals surface area contributed by atoms with E-state index in [-0.39, 0.29) is 4.90 Å². The number of ether oxygens (including phenoxy) is 2. The van der Waals surface area contributed by atoms with E-state index in [4.69, 9.17) is 9.47 Å². The third-order valence-electron chi connectivity index (χ3n) is 2.50. The molecule has 2 N–H and O–H groups in total. The molecule has 0 aliphatic rings. The third-order valence-corrected chi connectivity index (χ3v) is 3.98. The maximum absolute atomic E-state index is 11.9. The van der Waals surface area contributed by atoms with Gasteiger partial charge in [0, 0.05) is 19.7 Å². The smallest absolute Gasteiger partial charge is 0.240 e. The molecule has 0 bridgehead atoms. The van der Waals surface area contributed by atoms with Crippen molar-refractivity contribution in [1.82, 2.24) is 10.0 Å². The minimum Gasteiger partial charge on any atom is -0.491 e. The van der Waals surface area contributed by atoms with Crippen molar-refractivity contribution >= 4 is 10.0 Å². The van der Waals surface area contributed by atoms with Crippen LogP contribution in [0.4, 0.5) is 0 Å². The predicted octanol–water partition coefficient (Wildman–Crippen LogP) is 0.600. The lowest BCUT2D eigenvalue weighted by molar-refractivity contribution is 0.110. The van der Waals surface area contributed by atoms with Gasteiger partial charge >= 0.3 is 0 Å². The summed E-state index contributed by atoms with van der Waals surface area (Å²) in [5.41, 5.74) is 0. The molecular weight excluding hydrogens is 280 g/mol. The summed E-state index contributed by atoms with van der Waals surface area (Å²) in [6.07, 6.45) is 0. The molecule has 0 unspecified atom stereocenters. The Hall–Kier alpha value is -1.15. The van der Waals surface area contributed by atoms with Crippen LogP contribution in [0.3, 0.4) is 0 Å². The third kappa shape index (κ3) is 5.87. The average Bonchev–Trinajstić information content (AvgIpc) is 2.44. The molecule has 0 aliphatic carbocycles. The van der Waals surface area contributed by atoms with Crippen LogP contribution in [0, 0.1) is 0 Å². The van der Waals surface area contributed by atoms with Gasteiger partial charge in [0.05, 0.1) is 11.5 Å². The maximum Gasteiger partial charge on any atom is 0.240 e. The van der Waals surface area contributed by atoms with Gasteiger partial charge in [-0.1, -0.05) is 0 Å². The molecular formula is C13H22N2O4S. The minimum absolute atomic E-state index is 0.228. The molecule has 0 saturated carbocycles. The van der Waals surface area contributed by atoms with E-state index < -0.39 is 10.0 Å². The zero-order chi connectivity index (χ0) is 14.8. The Kier molecular flexibility index (Phi) is 7.53. The van der Waals surface area contributed by atoms with Crippen LogP contribution in [0.2, 0.25) is 0 Å². The molecule has 1 aromatic rings. The van der Waals surface area contributed by atoms with Crippen LogP contribution >= 0.6 is 0 Å². The van der Waals surface area contributed by atoms with Crippen LogP contribution in [-0.4, -0.2) is 48.4 Å². The average molecular weight is 302 g/mol. The van der Waals surface area contributed by atoms with Gasteiger partial charge in [0.25, 0.3) is 0 Å². The molecule has 114 valence electrons. The van der Waals surface area contributed by atoms with Gasteiger partial charge in [0.1, 0.15) is 12.4 Å². The Bertz CT molecular complexity index is 474. The predicted molar refractivity (Wildman–Crippen MR) is 77.5 cm³/mol. The minimum atomic E-state index is -3.45. The number of benzene rings is 1. The fraction of sp³-hybridized carbons (Fsp3) is 0.538. The molecule has 0 heterocycles. The lowest BCUT2D eigenvalue weighted by atomic mass is 10.3. The molecule has 0 spiro atoms. The number of sulfonamides is 1. The number of hydrogen-bond donors (Lipinski definition) is 2. The first-order chi connectivity index (χ1) is 9.60. The summed E-state index contributed by atoms with van der Waals surface area (Å²) in [6.45, 7) is 4.46. The molecule has 0 atom stereocenters. The van der Waals surface area contributed by atoms with Gasteiger partial charge in [0.2, 0.25) is 10.0 Å². The highest BCUT2D eigenvalue weighted by molar-refractivity contribution is 7.89. The second kappa shape index (κ2) is 8.91. The van der Waals surface area contributed by atoms with Crippen molar-refractivity contribution in [1.29, 1.82) is 0 Å². The summed E-state index contributed by atoms with van der Waals surface area (Å²) < 4.78 is 36.9. The van der Waals surface area contributed by atoms with Crippen LogP contribution < -0.4 is 14.8 Å². The van der Waals surface area contributed by atoms with Gasteiger partial charge < -0.3 is 14.8 Å². The van der Waals surface area contributed by atoms with Crippen molar-refractivity contribution in [2.75, 3.05) is 40.0 Å². The molecule has 0 saturated heterocycles. The molecule has 20 heavy (non-hydrogen) atoms. The number of hydrogen-bond acceptors (Lipinski definition) is 5. The van der Waals surface area contributed by atoms with Crippen LogP contribution in [0.1, 0.15) is 6.92 Å². The topological polar surface area (TPSA) is 76.7 Å². The molecule has 1 rings (SSSR count). The Balaban J connectivity index is 2.52. The van der Waals surface area contributed by atoms with Gasteiger partial charge in [-0.15, -0.1) is 0 Å². The fourth-order valence-corrected chi connectivity index (χ4v) is 2.50. The van der Waals surface area contributed by atoms with Crippen molar-refractivity contribution in [3.63, 3.8) is 0 Å². The van der Waals surface area contributed by atoms with Crippen LogP contribution in [-0.2, 0) is 14.8 Å². The lowest BCUT2D eigenvalue weighted by Gasteiger charge is -2.09. The SMILES string of the molecule is CCOCCOc1ccc(S(=O)(=O)NCCNC)cc1. The largest absolute Gasteiger partial charge is 0.491 e. The van der Waals surface area contributed by atoms with E-state index in [0.29, 0.717) is 38.7 Å². The molecule has 1 aromatic carbocycles. The van der Waals surface area contributed by atoms with Crippen molar-refractivity contribution in [2.45, 2.75) is 11.8 Å². The second-order valence-electron chi connectivity index (χ2n) is 4.02. The molecule has 0 fully saturated rings. The summed E-state index contributed by atoms with van der Waals surface area (Å²) in [4.78, 5) is 0.228. The van der Waals surface area contributed by atoms with E-state index in [1.807, 2.05) is 6.92 Å².